The summed E-state index contributed by atoms with van der Waals surface area (Å²) in [6.07, 6.45) is 0. The van der Waals surface area contributed by atoms with Crippen LogP contribution in [0, 0.1) is 9.77 Å². The Labute approximate surface area is 78.1 Å². The van der Waals surface area contributed by atoms with Crippen LogP contribution < -0.4 is 0 Å². The topological polar surface area (TPSA) is 4.93 Å². The summed E-state index contributed by atoms with van der Waals surface area (Å²) in [5.41, 5.74) is 0.604. The van der Waals surface area contributed by atoms with E-state index in [4.69, 9.17) is 12.2 Å². The predicted molar refractivity (Wildman–Crippen MR) is 51.6 cm³/mol. The number of halogens is 1. The van der Waals surface area contributed by atoms with Crippen molar-refractivity contribution in [1.29, 1.82) is 0 Å². The lowest BCUT2D eigenvalue weighted by molar-refractivity contribution is 0.631. The minimum atomic E-state index is -0.206. The molecule has 0 aliphatic rings. The average molecular weight is 199 g/mol. The van der Waals surface area contributed by atoms with E-state index in [2.05, 4.69) is 0 Å². The summed E-state index contributed by atoms with van der Waals surface area (Å²) in [5.74, 6) is -0.206. The first-order chi connectivity index (χ1) is 5.70. The monoisotopic (exact) mass is 199 g/mol. The van der Waals surface area contributed by atoms with Crippen LogP contribution in [0.1, 0.15) is 0 Å². The molecule has 0 atom stereocenters. The van der Waals surface area contributed by atoms with Crippen LogP contribution in [0.25, 0.3) is 10.2 Å². The molecule has 1 nitrogen and oxygen atoms in total. The largest absolute Gasteiger partial charge is 0.324 e. The van der Waals surface area contributed by atoms with Gasteiger partial charge in [0.1, 0.15) is 5.82 Å². The Kier molecular flexibility index (Phi) is 1.73. The molecule has 2 rings (SSSR count). The van der Waals surface area contributed by atoms with Gasteiger partial charge in [-0.05, 0) is 24.4 Å². The van der Waals surface area contributed by atoms with Crippen LogP contribution in [0.15, 0.2) is 18.2 Å². The van der Waals surface area contributed by atoms with E-state index in [1.54, 1.807) is 17.7 Å². The van der Waals surface area contributed by atoms with Crippen molar-refractivity contribution >= 4 is 33.8 Å². The van der Waals surface area contributed by atoms with E-state index < -0.39 is 0 Å². The van der Waals surface area contributed by atoms with Gasteiger partial charge in [-0.25, -0.2) is 4.39 Å². The summed E-state index contributed by atoms with van der Waals surface area (Å²) >= 11 is 6.46. The molecular weight excluding hydrogens is 193 g/mol. The quantitative estimate of drug-likeness (QED) is 0.590. The molecule has 0 bridgehead atoms. The molecule has 0 amide bonds. The van der Waals surface area contributed by atoms with Gasteiger partial charge in [-0.3, -0.25) is 0 Å². The third kappa shape index (κ3) is 0.990. The molecule has 0 radical (unpaired) electrons. The Hall–Kier alpha value is -0.740. The van der Waals surface area contributed by atoms with Gasteiger partial charge in [0.25, 0.3) is 0 Å². The SMILES string of the molecule is Cn1c(=S)sc2cccc(F)c21. The molecule has 0 saturated carbocycles. The van der Waals surface area contributed by atoms with Crippen LogP contribution in [0.4, 0.5) is 4.39 Å². The van der Waals surface area contributed by atoms with Crippen molar-refractivity contribution in [3.63, 3.8) is 0 Å². The standard InChI is InChI=1S/C8H6FNS2/c1-10-7-5(9)3-2-4-6(7)12-8(10)11/h2-4H,1H3. The lowest BCUT2D eigenvalue weighted by atomic mass is 10.3. The number of rotatable bonds is 0. The molecule has 1 aromatic heterocycles. The number of nitrogens with zero attached hydrogens (tertiary/aromatic N) is 1. The Morgan fingerprint density at radius 3 is 2.92 bits per heavy atom. The summed E-state index contributed by atoms with van der Waals surface area (Å²) in [5, 5.41) is 0. The fourth-order valence-electron chi connectivity index (χ4n) is 1.16. The third-order valence-corrected chi connectivity index (χ3v) is 3.28. The van der Waals surface area contributed by atoms with Crippen molar-refractivity contribution in [2.45, 2.75) is 0 Å². The highest BCUT2D eigenvalue weighted by Gasteiger charge is 2.05. The minimum absolute atomic E-state index is 0.206. The number of aryl methyl sites for hydroxylation is 1. The van der Waals surface area contributed by atoms with Crippen LogP contribution in [-0.4, -0.2) is 4.57 Å². The molecule has 0 unspecified atom stereocenters. The first-order valence-electron chi connectivity index (χ1n) is 3.44. The normalized spacial score (nSPS) is 10.8. The highest BCUT2D eigenvalue weighted by molar-refractivity contribution is 7.73. The van der Waals surface area contributed by atoms with Crippen LogP contribution in [0.3, 0.4) is 0 Å². The van der Waals surface area contributed by atoms with Crippen molar-refractivity contribution < 1.29 is 4.39 Å². The van der Waals surface area contributed by atoms with Gasteiger partial charge >= 0.3 is 0 Å². The Morgan fingerprint density at radius 1 is 1.50 bits per heavy atom. The zero-order chi connectivity index (χ0) is 8.72. The fraction of sp³-hybridized carbons (Fsp3) is 0.125. The number of hydrogen-bond acceptors (Lipinski definition) is 2. The summed E-state index contributed by atoms with van der Waals surface area (Å²) in [4.78, 5) is 0. The molecule has 62 valence electrons. The van der Waals surface area contributed by atoms with E-state index in [1.807, 2.05) is 6.07 Å². The summed E-state index contributed by atoms with van der Waals surface area (Å²) < 4.78 is 16.5. The molecule has 2 aromatic rings. The maximum atomic E-state index is 13.2. The molecule has 1 aromatic carbocycles. The number of thiazole rings is 1. The molecule has 0 aliphatic carbocycles. The molecule has 12 heavy (non-hydrogen) atoms. The maximum Gasteiger partial charge on any atom is 0.161 e. The van der Waals surface area contributed by atoms with Gasteiger partial charge in [0, 0.05) is 7.05 Å². The van der Waals surface area contributed by atoms with Crippen molar-refractivity contribution in [3.8, 4) is 0 Å². The first-order valence-corrected chi connectivity index (χ1v) is 4.66. The van der Waals surface area contributed by atoms with Crippen molar-refractivity contribution in [2.75, 3.05) is 0 Å². The second-order valence-corrected chi connectivity index (χ2v) is 4.19. The van der Waals surface area contributed by atoms with E-state index in [0.29, 0.717) is 9.47 Å². The lowest BCUT2D eigenvalue weighted by Gasteiger charge is -1.94. The molecule has 0 N–H and O–H groups in total. The van der Waals surface area contributed by atoms with E-state index in [0.717, 1.165) is 4.70 Å². The first kappa shape index (κ1) is 7.89. The molecule has 1 heterocycles. The molecular formula is C8H6FNS2. The second kappa shape index (κ2) is 2.64. The zero-order valence-electron chi connectivity index (χ0n) is 6.37. The summed E-state index contributed by atoms with van der Waals surface area (Å²) in [7, 11) is 1.78. The number of benzene rings is 1. The highest BCUT2D eigenvalue weighted by Crippen LogP contribution is 2.23. The lowest BCUT2D eigenvalue weighted by Crippen LogP contribution is -1.88. The maximum absolute atomic E-state index is 13.2. The Morgan fingerprint density at radius 2 is 2.25 bits per heavy atom. The van der Waals surface area contributed by atoms with Gasteiger partial charge in [0.2, 0.25) is 0 Å². The van der Waals surface area contributed by atoms with Gasteiger partial charge in [-0.1, -0.05) is 6.07 Å². The highest BCUT2D eigenvalue weighted by atomic mass is 32.1. The van der Waals surface area contributed by atoms with Crippen molar-refractivity contribution in [2.24, 2.45) is 7.05 Å². The fourth-order valence-corrected chi connectivity index (χ4v) is 2.41. The molecule has 0 aliphatic heterocycles. The van der Waals surface area contributed by atoms with Crippen molar-refractivity contribution in [1.82, 2.24) is 4.57 Å². The Bertz CT molecular complexity index is 483. The summed E-state index contributed by atoms with van der Waals surface area (Å²) in [6, 6.07) is 5.02. The summed E-state index contributed by atoms with van der Waals surface area (Å²) in [6.45, 7) is 0. The smallest absolute Gasteiger partial charge is 0.161 e. The van der Waals surface area contributed by atoms with Crippen LogP contribution in [0.5, 0.6) is 0 Å². The minimum Gasteiger partial charge on any atom is -0.324 e. The van der Waals surface area contributed by atoms with Crippen LogP contribution >= 0.6 is 23.6 Å². The average Bonchev–Trinajstić information content (AvgIpc) is 2.29. The number of hydrogen-bond donors (Lipinski definition) is 0. The zero-order valence-corrected chi connectivity index (χ0v) is 8.01. The molecule has 0 spiro atoms. The van der Waals surface area contributed by atoms with Gasteiger partial charge < -0.3 is 4.57 Å². The van der Waals surface area contributed by atoms with E-state index >= 15 is 0 Å². The van der Waals surface area contributed by atoms with Gasteiger partial charge in [0.05, 0.1) is 10.2 Å². The van der Waals surface area contributed by atoms with Crippen molar-refractivity contribution in [3.05, 3.63) is 28.0 Å². The van der Waals surface area contributed by atoms with E-state index in [1.165, 1.54) is 17.4 Å². The number of para-hydroxylation sites is 1. The van der Waals surface area contributed by atoms with Crippen LogP contribution in [-0.2, 0) is 7.05 Å². The molecule has 0 fully saturated rings. The molecule has 4 heteroatoms. The van der Waals surface area contributed by atoms with Gasteiger partial charge in [-0.2, -0.15) is 0 Å². The third-order valence-electron chi connectivity index (χ3n) is 1.76. The molecule has 0 saturated heterocycles. The predicted octanol–water partition coefficient (Wildman–Crippen LogP) is 3.11. The van der Waals surface area contributed by atoms with E-state index in [-0.39, 0.29) is 5.82 Å². The second-order valence-electron chi connectivity index (χ2n) is 2.51. The van der Waals surface area contributed by atoms with Gasteiger partial charge in [0.15, 0.2) is 3.95 Å². The van der Waals surface area contributed by atoms with E-state index in [9.17, 15) is 4.39 Å². The van der Waals surface area contributed by atoms with Gasteiger partial charge in [-0.15, -0.1) is 11.3 Å². The number of fused-ring (bicyclic) bond motifs is 1. The number of aromatic nitrogens is 1. The van der Waals surface area contributed by atoms with Crippen LogP contribution in [0.2, 0.25) is 0 Å². The Balaban J connectivity index is 3.07.